The topological polar surface area (TPSA) is 151 Å². The lowest BCUT2D eigenvalue weighted by Gasteiger charge is -2.38. The van der Waals surface area contributed by atoms with Crippen LogP contribution in [0, 0.1) is 0 Å². The van der Waals surface area contributed by atoms with Crippen LogP contribution in [0.15, 0.2) is 48.5 Å². The van der Waals surface area contributed by atoms with E-state index in [9.17, 15) is 35.7 Å². The molecular weight excluding hydrogens is 380 g/mol. The lowest BCUT2D eigenvalue weighted by molar-refractivity contribution is 0.00653. The van der Waals surface area contributed by atoms with Crippen molar-refractivity contribution in [2.24, 2.45) is 0 Å². The number of phenolic OH excluding ortho intramolecular Hbond substituents is 6. The van der Waals surface area contributed by atoms with Gasteiger partial charge in [0.2, 0.25) is 0 Å². The molecule has 1 aliphatic rings. The van der Waals surface area contributed by atoms with E-state index < -0.39 is 35.4 Å². The molecule has 8 nitrogen and oxygen atoms in total. The molecule has 3 unspecified atom stereocenters. The molecular formula is C21H18O8. The van der Waals surface area contributed by atoms with Crippen LogP contribution in [-0.2, 0) is 0 Å². The number of phenols is 6. The van der Waals surface area contributed by atoms with Crippen molar-refractivity contribution >= 4 is 0 Å². The second kappa shape index (κ2) is 6.68. The normalized spacial score (nSPS) is 20.7. The molecule has 0 saturated heterocycles. The summed E-state index contributed by atoms with van der Waals surface area (Å²) in [5.74, 6) is -3.13. The first kappa shape index (κ1) is 18.6. The number of benzene rings is 3. The van der Waals surface area contributed by atoms with Gasteiger partial charge < -0.3 is 40.5 Å². The van der Waals surface area contributed by atoms with E-state index in [1.165, 1.54) is 30.3 Å². The molecule has 150 valence electrons. The van der Waals surface area contributed by atoms with Crippen LogP contribution in [0.25, 0.3) is 0 Å². The Labute approximate surface area is 164 Å². The van der Waals surface area contributed by atoms with Crippen LogP contribution in [0.3, 0.4) is 0 Å². The molecule has 3 atom stereocenters. The molecule has 0 spiro atoms. The maximum atomic E-state index is 11.1. The Morgan fingerprint density at radius 1 is 0.621 bits per heavy atom. The number of aliphatic hydroxyl groups is 1. The van der Waals surface area contributed by atoms with Gasteiger partial charge in [0, 0.05) is 35.4 Å². The van der Waals surface area contributed by atoms with Gasteiger partial charge in [-0.05, 0) is 17.7 Å². The summed E-state index contributed by atoms with van der Waals surface area (Å²) in [6.07, 6.45) is -2.40. The Morgan fingerprint density at radius 2 is 1.14 bits per heavy atom. The Kier molecular flexibility index (Phi) is 4.28. The van der Waals surface area contributed by atoms with Crippen molar-refractivity contribution in [2.75, 3.05) is 0 Å². The van der Waals surface area contributed by atoms with Gasteiger partial charge in [-0.15, -0.1) is 0 Å². The monoisotopic (exact) mass is 398 g/mol. The lowest BCUT2D eigenvalue weighted by Crippen LogP contribution is -2.35. The van der Waals surface area contributed by atoms with Gasteiger partial charge >= 0.3 is 0 Å². The van der Waals surface area contributed by atoms with E-state index in [0.717, 1.165) is 18.2 Å². The van der Waals surface area contributed by atoms with E-state index in [4.69, 9.17) is 4.74 Å². The fourth-order valence-electron chi connectivity index (χ4n) is 3.73. The highest BCUT2D eigenvalue weighted by atomic mass is 16.5. The summed E-state index contributed by atoms with van der Waals surface area (Å²) in [6.45, 7) is 0. The zero-order chi connectivity index (χ0) is 20.9. The smallest absolute Gasteiger partial charge is 0.150 e. The third-order valence-electron chi connectivity index (χ3n) is 4.98. The van der Waals surface area contributed by atoms with Gasteiger partial charge in [0.15, 0.2) is 6.10 Å². The molecule has 8 heteroatoms. The molecule has 1 heterocycles. The van der Waals surface area contributed by atoms with Gasteiger partial charge in [0.1, 0.15) is 46.4 Å². The number of ether oxygens (including phenoxy) is 1. The number of aromatic hydroxyl groups is 6. The summed E-state index contributed by atoms with van der Waals surface area (Å²) in [4.78, 5) is 0. The van der Waals surface area contributed by atoms with Gasteiger partial charge in [0.25, 0.3) is 0 Å². The van der Waals surface area contributed by atoms with Crippen LogP contribution in [0.2, 0.25) is 0 Å². The Balaban J connectivity index is 1.94. The van der Waals surface area contributed by atoms with Crippen LogP contribution in [0.4, 0.5) is 0 Å². The zero-order valence-electron chi connectivity index (χ0n) is 14.9. The first-order chi connectivity index (χ1) is 13.8. The summed E-state index contributed by atoms with van der Waals surface area (Å²) < 4.78 is 5.82. The first-order valence-corrected chi connectivity index (χ1v) is 8.70. The highest BCUT2D eigenvalue weighted by Crippen LogP contribution is 2.54. The highest BCUT2D eigenvalue weighted by Gasteiger charge is 2.43. The molecule has 0 aliphatic carbocycles. The minimum Gasteiger partial charge on any atom is -0.508 e. The average Bonchev–Trinajstić information content (AvgIpc) is 2.63. The van der Waals surface area contributed by atoms with Crippen molar-refractivity contribution in [3.63, 3.8) is 0 Å². The summed E-state index contributed by atoms with van der Waals surface area (Å²) in [6, 6.07) is 10.2. The largest absolute Gasteiger partial charge is 0.508 e. The lowest BCUT2D eigenvalue weighted by atomic mass is 9.79. The van der Waals surface area contributed by atoms with Crippen molar-refractivity contribution in [2.45, 2.75) is 18.1 Å². The number of rotatable bonds is 2. The van der Waals surface area contributed by atoms with E-state index in [1.54, 1.807) is 0 Å². The molecule has 0 radical (unpaired) electrons. The summed E-state index contributed by atoms with van der Waals surface area (Å²) in [5.41, 5.74) is 0.415. The van der Waals surface area contributed by atoms with Crippen LogP contribution in [0.5, 0.6) is 40.2 Å². The maximum absolute atomic E-state index is 11.1. The quantitative estimate of drug-likeness (QED) is 0.348. The Morgan fingerprint density at radius 3 is 1.72 bits per heavy atom. The molecule has 3 aromatic rings. The maximum Gasteiger partial charge on any atom is 0.150 e. The molecule has 7 N–H and O–H groups in total. The summed E-state index contributed by atoms with van der Waals surface area (Å²) in [7, 11) is 0. The van der Waals surface area contributed by atoms with Crippen molar-refractivity contribution in [1.29, 1.82) is 0 Å². The third kappa shape index (κ3) is 3.09. The molecule has 0 amide bonds. The highest BCUT2D eigenvalue weighted by molar-refractivity contribution is 5.62. The van der Waals surface area contributed by atoms with Crippen LogP contribution >= 0.6 is 0 Å². The van der Waals surface area contributed by atoms with Crippen LogP contribution < -0.4 is 4.74 Å². The molecule has 0 fully saturated rings. The second-order valence-electron chi connectivity index (χ2n) is 6.87. The molecule has 0 saturated carbocycles. The van der Waals surface area contributed by atoms with E-state index in [1.807, 2.05) is 0 Å². The van der Waals surface area contributed by atoms with Crippen LogP contribution in [0.1, 0.15) is 28.7 Å². The van der Waals surface area contributed by atoms with E-state index in [0.29, 0.717) is 5.56 Å². The Bertz CT molecular complexity index is 1050. The van der Waals surface area contributed by atoms with Gasteiger partial charge in [-0.3, -0.25) is 0 Å². The van der Waals surface area contributed by atoms with Gasteiger partial charge in [-0.1, -0.05) is 12.1 Å². The van der Waals surface area contributed by atoms with E-state index >= 15 is 0 Å². The first-order valence-electron chi connectivity index (χ1n) is 8.70. The third-order valence-corrected chi connectivity index (χ3v) is 4.98. The van der Waals surface area contributed by atoms with E-state index in [-0.39, 0.29) is 34.1 Å². The van der Waals surface area contributed by atoms with E-state index in [2.05, 4.69) is 0 Å². The Hall–Kier alpha value is -3.78. The predicted octanol–water partition coefficient (Wildman–Crippen LogP) is 2.55. The fourth-order valence-corrected chi connectivity index (χ4v) is 3.73. The van der Waals surface area contributed by atoms with Gasteiger partial charge in [-0.2, -0.15) is 0 Å². The molecule has 1 aliphatic heterocycles. The molecule has 0 aromatic heterocycles. The standard InChI is InChI=1S/C21H18O8/c22-10-3-1-9(2-4-10)21-20(28)19(17-13(25)5-11(23)6-14(17)26)18-15(27)7-12(24)8-16(18)29-21/h1-8,19-28H. The van der Waals surface area contributed by atoms with Crippen molar-refractivity contribution in [1.82, 2.24) is 0 Å². The summed E-state index contributed by atoms with van der Waals surface area (Å²) in [5, 5.41) is 71.3. The average molecular weight is 398 g/mol. The number of fused-ring (bicyclic) bond motifs is 1. The minimum absolute atomic E-state index is 0.0140. The van der Waals surface area contributed by atoms with Gasteiger partial charge in [0.05, 0.1) is 5.92 Å². The zero-order valence-corrected chi connectivity index (χ0v) is 14.9. The van der Waals surface area contributed by atoms with Crippen LogP contribution in [-0.4, -0.2) is 41.8 Å². The SMILES string of the molecule is Oc1ccc(C2Oc3cc(O)cc(O)c3C(c3c(O)cc(O)cc3O)C2O)cc1. The number of aliphatic hydroxyl groups excluding tert-OH is 1. The molecule has 0 bridgehead atoms. The van der Waals surface area contributed by atoms with Crippen molar-refractivity contribution < 1.29 is 40.5 Å². The van der Waals surface area contributed by atoms with Crippen molar-refractivity contribution in [3.05, 3.63) is 65.2 Å². The minimum atomic E-state index is -1.39. The van der Waals surface area contributed by atoms with Crippen molar-refractivity contribution in [3.8, 4) is 40.2 Å². The number of hydrogen-bond donors (Lipinski definition) is 7. The summed E-state index contributed by atoms with van der Waals surface area (Å²) >= 11 is 0. The second-order valence-corrected chi connectivity index (χ2v) is 6.87. The molecule has 3 aromatic carbocycles. The van der Waals surface area contributed by atoms with Gasteiger partial charge in [-0.25, -0.2) is 0 Å². The number of hydrogen-bond acceptors (Lipinski definition) is 8. The molecule has 4 rings (SSSR count). The molecule has 29 heavy (non-hydrogen) atoms. The fraction of sp³-hybridized carbons (Fsp3) is 0.143. The predicted molar refractivity (Wildman–Crippen MR) is 101 cm³/mol.